The van der Waals surface area contributed by atoms with E-state index in [2.05, 4.69) is 50.1 Å². The number of hydrogen-bond acceptors (Lipinski definition) is 3. The van der Waals surface area contributed by atoms with Gasteiger partial charge in [0.1, 0.15) is 11.6 Å². The average molecular weight is 340 g/mol. The fraction of sp³-hybridized carbons (Fsp3) is 0.176. The van der Waals surface area contributed by atoms with Crippen molar-refractivity contribution in [1.82, 2.24) is 9.97 Å². The first kappa shape index (κ1) is 12.8. The van der Waals surface area contributed by atoms with E-state index in [0.717, 1.165) is 40.0 Å². The summed E-state index contributed by atoms with van der Waals surface area (Å²) in [6.45, 7) is 2.92. The monoisotopic (exact) mass is 339 g/mol. The highest BCUT2D eigenvalue weighted by molar-refractivity contribution is 9.10. The van der Waals surface area contributed by atoms with Crippen LogP contribution in [0.4, 0.5) is 11.5 Å². The normalized spacial score (nSPS) is 13.7. The SMILES string of the molecule is Cc1nc(N2CCc3ccc(Br)cc32)c2ccccc2n1. The van der Waals surface area contributed by atoms with Crippen molar-refractivity contribution in [3.05, 3.63) is 58.3 Å². The molecule has 3 nitrogen and oxygen atoms in total. The van der Waals surface area contributed by atoms with Crippen LogP contribution in [0.3, 0.4) is 0 Å². The zero-order chi connectivity index (χ0) is 14.4. The summed E-state index contributed by atoms with van der Waals surface area (Å²) in [6, 6.07) is 14.7. The Morgan fingerprint density at radius 1 is 1.10 bits per heavy atom. The van der Waals surface area contributed by atoms with Crippen LogP contribution in [-0.4, -0.2) is 16.5 Å². The Labute approximate surface area is 131 Å². The fourth-order valence-corrected chi connectivity index (χ4v) is 3.30. The van der Waals surface area contributed by atoms with E-state index in [0.29, 0.717) is 0 Å². The van der Waals surface area contributed by atoms with Crippen LogP contribution in [0.1, 0.15) is 11.4 Å². The highest BCUT2D eigenvalue weighted by Crippen LogP contribution is 2.38. The zero-order valence-electron chi connectivity index (χ0n) is 11.7. The molecule has 0 N–H and O–H groups in total. The molecule has 1 aromatic heterocycles. The Hall–Kier alpha value is -1.94. The molecular weight excluding hydrogens is 326 g/mol. The molecule has 2 heterocycles. The van der Waals surface area contributed by atoms with Gasteiger partial charge in [0.2, 0.25) is 0 Å². The first-order chi connectivity index (χ1) is 10.2. The summed E-state index contributed by atoms with van der Waals surface area (Å²) in [5, 5.41) is 1.11. The number of halogens is 1. The Kier molecular flexibility index (Phi) is 2.93. The van der Waals surface area contributed by atoms with Gasteiger partial charge in [-0.2, -0.15) is 0 Å². The summed E-state index contributed by atoms with van der Waals surface area (Å²) in [5.74, 6) is 1.82. The predicted octanol–water partition coefficient (Wildman–Crippen LogP) is 4.39. The predicted molar refractivity (Wildman–Crippen MR) is 89.1 cm³/mol. The van der Waals surface area contributed by atoms with Crippen LogP contribution < -0.4 is 4.90 Å². The molecular formula is C17H14BrN3. The lowest BCUT2D eigenvalue weighted by Crippen LogP contribution is -2.16. The molecule has 4 rings (SSSR count). The lowest BCUT2D eigenvalue weighted by atomic mass is 10.2. The number of benzene rings is 2. The molecule has 0 saturated heterocycles. The maximum Gasteiger partial charge on any atom is 0.144 e. The molecule has 0 spiro atoms. The van der Waals surface area contributed by atoms with E-state index >= 15 is 0 Å². The molecule has 1 aliphatic heterocycles. The molecule has 0 atom stereocenters. The largest absolute Gasteiger partial charge is 0.325 e. The summed E-state index contributed by atoms with van der Waals surface area (Å²) < 4.78 is 1.10. The molecule has 0 fully saturated rings. The number of nitrogens with zero attached hydrogens (tertiary/aromatic N) is 3. The van der Waals surface area contributed by atoms with Crippen molar-refractivity contribution in [2.75, 3.05) is 11.4 Å². The van der Waals surface area contributed by atoms with E-state index in [1.165, 1.54) is 11.3 Å². The number of para-hydroxylation sites is 1. The number of rotatable bonds is 1. The van der Waals surface area contributed by atoms with Crippen LogP contribution in [0, 0.1) is 6.92 Å². The molecule has 0 radical (unpaired) electrons. The Morgan fingerprint density at radius 2 is 1.95 bits per heavy atom. The highest BCUT2D eigenvalue weighted by Gasteiger charge is 2.23. The third-order valence-electron chi connectivity index (χ3n) is 3.89. The lowest BCUT2D eigenvalue weighted by Gasteiger charge is -2.20. The number of fused-ring (bicyclic) bond motifs is 2. The summed E-state index contributed by atoms with van der Waals surface area (Å²) in [6.07, 6.45) is 1.06. The van der Waals surface area contributed by atoms with Gasteiger partial charge in [0.15, 0.2) is 0 Å². The number of anilines is 2. The summed E-state index contributed by atoms with van der Waals surface area (Å²) in [7, 11) is 0. The molecule has 0 aliphatic carbocycles. The van der Waals surface area contributed by atoms with E-state index in [1.54, 1.807) is 0 Å². The molecule has 0 unspecified atom stereocenters. The molecule has 0 bridgehead atoms. The minimum absolute atomic E-state index is 0.812. The van der Waals surface area contributed by atoms with Gasteiger partial charge in [-0.3, -0.25) is 0 Å². The molecule has 3 aromatic rings. The number of hydrogen-bond donors (Lipinski definition) is 0. The van der Waals surface area contributed by atoms with Gasteiger partial charge in [-0.05, 0) is 43.2 Å². The van der Waals surface area contributed by atoms with Gasteiger partial charge >= 0.3 is 0 Å². The second-order valence-electron chi connectivity index (χ2n) is 5.29. The van der Waals surface area contributed by atoms with E-state index in [-0.39, 0.29) is 0 Å². The van der Waals surface area contributed by atoms with Gasteiger partial charge in [-0.15, -0.1) is 0 Å². The van der Waals surface area contributed by atoms with Crippen LogP contribution in [0.15, 0.2) is 46.9 Å². The lowest BCUT2D eigenvalue weighted by molar-refractivity contribution is 0.960. The smallest absolute Gasteiger partial charge is 0.144 e. The van der Waals surface area contributed by atoms with Crippen molar-refractivity contribution in [2.24, 2.45) is 0 Å². The van der Waals surface area contributed by atoms with Crippen molar-refractivity contribution in [1.29, 1.82) is 0 Å². The maximum atomic E-state index is 4.71. The highest BCUT2D eigenvalue weighted by atomic mass is 79.9. The van der Waals surface area contributed by atoms with Crippen LogP contribution in [0.25, 0.3) is 10.9 Å². The van der Waals surface area contributed by atoms with E-state index in [1.807, 2.05) is 25.1 Å². The third kappa shape index (κ3) is 2.10. The first-order valence-electron chi connectivity index (χ1n) is 7.02. The number of aromatic nitrogens is 2. The van der Waals surface area contributed by atoms with Crippen molar-refractivity contribution in [2.45, 2.75) is 13.3 Å². The Bertz CT molecular complexity index is 845. The topological polar surface area (TPSA) is 29.0 Å². The van der Waals surface area contributed by atoms with Crippen molar-refractivity contribution >= 4 is 38.3 Å². The van der Waals surface area contributed by atoms with Gasteiger partial charge in [-0.25, -0.2) is 9.97 Å². The van der Waals surface area contributed by atoms with Gasteiger partial charge in [0.05, 0.1) is 5.52 Å². The summed E-state index contributed by atoms with van der Waals surface area (Å²) in [4.78, 5) is 11.5. The second kappa shape index (κ2) is 4.81. The third-order valence-corrected chi connectivity index (χ3v) is 4.39. The maximum absolute atomic E-state index is 4.71. The van der Waals surface area contributed by atoms with Gasteiger partial charge in [-0.1, -0.05) is 34.1 Å². The molecule has 21 heavy (non-hydrogen) atoms. The summed E-state index contributed by atoms with van der Waals surface area (Å²) >= 11 is 3.57. The second-order valence-corrected chi connectivity index (χ2v) is 6.20. The van der Waals surface area contributed by atoms with Crippen LogP contribution >= 0.6 is 15.9 Å². The fourth-order valence-electron chi connectivity index (χ4n) is 2.95. The van der Waals surface area contributed by atoms with E-state index in [9.17, 15) is 0 Å². The summed E-state index contributed by atoms with van der Waals surface area (Å²) in [5.41, 5.74) is 3.62. The van der Waals surface area contributed by atoms with Crippen molar-refractivity contribution in [3.8, 4) is 0 Å². The molecule has 0 amide bonds. The minimum atomic E-state index is 0.812. The van der Waals surface area contributed by atoms with Gasteiger partial charge < -0.3 is 4.90 Å². The Morgan fingerprint density at radius 3 is 2.86 bits per heavy atom. The molecule has 2 aromatic carbocycles. The molecule has 4 heteroatoms. The van der Waals surface area contributed by atoms with Crippen LogP contribution in [0.5, 0.6) is 0 Å². The van der Waals surface area contributed by atoms with Gasteiger partial charge in [0, 0.05) is 22.1 Å². The first-order valence-corrected chi connectivity index (χ1v) is 7.81. The van der Waals surface area contributed by atoms with Crippen LogP contribution in [-0.2, 0) is 6.42 Å². The van der Waals surface area contributed by atoms with Crippen molar-refractivity contribution < 1.29 is 0 Å². The molecule has 104 valence electrons. The Balaban J connectivity index is 1.95. The molecule has 1 aliphatic rings. The zero-order valence-corrected chi connectivity index (χ0v) is 13.3. The average Bonchev–Trinajstić information content (AvgIpc) is 2.89. The van der Waals surface area contributed by atoms with Crippen molar-refractivity contribution in [3.63, 3.8) is 0 Å². The van der Waals surface area contributed by atoms with E-state index in [4.69, 9.17) is 4.98 Å². The number of aryl methyl sites for hydroxylation is 1. The van der Waals surface area contributed by atoms with Gasteiger partial charge in [0.25, 0.3) is 0 Å². The quantitative estimate of drug-likeness (QED) is 0.658. The standard InChI is InChI=1S/C17H14BrN3/c1-11-19-15-5-3-2-4-14(15)17(20-11)21-9-8-12-6-7-13(18)10-16(12)21/h2-7,10H,8-9H2,1H3. The van der Waals surface area contributed by atoms with Crippen LogP contribution in [0.2, 0.25) is 0 Å². The van der Waals surface area contributed by atoms with E-state index < -0.39 is 0 Å². The molecule has 0 saturated carbocycles. The minimum Gasteiger partial charge on any atom is -0.325 e.